The number of hydrogen-bond acceptors (Lipinski definition) is 4. The van der Waals surface area contributed by atoms with Crippen molar-refractivity contribution >= 4 is 23.3 Å². The molecular formula is C12H14ClNO3. The molecule has 1 N–H and O–H groups in total. The number of nitrogens with one attached hydrogen (secondary N) is 1. The maximum Gasteiger partial charge on any atom is 0.307 e. The number of hydrogen-bond donors (Lipinski definition) is 1. The summed E-state index contributed by atoms with van der Waals surface area (Å²) >= 11 is 5.89. The van der Waals surface area contributed by atoms with E-state index in [1.807, 2.05) is 6.07 Å². The maximum absolute atomic E-state index is 11.3. The molecule has 1 aromatic carbocycles. The van der Waals surface area contributed by atoms with E-state index in [4.69, 9.17) is 21.1 Å². The lowest BCUT2D eigenvalue weighted by molar-refractivity contribution is -0.143. The normalized spacial score (nSPS) is 17.6. The van der Waals surface area contributed by atoms with Crippen LogP contribution in [0.25, 0.3) is 0 Å². The highest BCUT2D eigenvalue weighted by atomic mass is 35.5. The number of rotatable bonds is 3. The van der Waals surface area contributed by atoms with Gasteiger partial charge in [0.15, 0.2) is 0 Å². The van der Waals surface area contributed by atoms with Crippen molar-refractivity contribution < 1.29 is 14.3 Å². The monoisotopic (exact) mass is 255 g/mol. The molecular weight excluding hydrogens is 242 g/mol. The third kappa shape index (κ3) is 3.03. The topological polar surface area (TPSA) is 47.6 Å². The zero-order valence-corrected chi connectivity index (χ0v) is 10.3. The molecule has 1 aromatic rings. The lowest BCUT2D eigenvalue weighted by Crippen LogP contribution is -2.33. The van der Waals surface area contributed by atoms with Gasteiger partial charge in [-0.1, -0.05) is 11.6 Å². The summed E-state index contributed by atoms with van der Waals surface area (Å²) in [5.74, 6) is 0.536. The third-order valence-corrected chi connectivity index (χ3v) is 2.69. The Morgan fingerprint density at radius 2 is 2.47 bits per heavy atom. The van der Waals surface area contributed by atoms with E-state index in [1.165, 1.54) is 0 Å². The lowest BCUT2D eigenvalue weighted by atomic mass is 10.1. The van der Waals surface area contributed by atoms with Crippen LogP contribution in [0.3, 0.4) is 0 Å². The summed E-state index contributed by atoms with van der Waals surface area (Å²) in [5.41, 5.74) is 0.818. The van der Waals surface area contributed by atoms with Crippen molar-refractivity contribution in [1.82, 2.24) is 0 Å². The van der Waals surface area contributed by atoms with E-state index >= 15 is 0 Å². The van der Waals surface area contributed by atoms with E-state index < -0.39 is 0 Å². The number of ether oxygens (including phenoxy) is 2. The number of fused-ring (bicyclic) bond motifs is 1. The molecule has 4 nitrogen and oxygen atoms in total. The van der Waals surface area contributed by atoms with Crippen LogP contribution in [0.5, 0.6) is 5.75 Å². The van der Waals surface area contributed by atoms with Gasteiger partial charge in [0.2, 0.25) is 0 Å². The van der Waals surface area contributed by atoms with E-state index in [2.05, 4.69) is 5.32 Å². The molecule has 0 amide bonds. The van der Waals surface area contributed by atoms with Crippen LogP contribution in [-0.4, -0.2) is 25.2 Å². The molecule has 0 bridgehead atoms. The summed E-state index contributed by atoms with van der Waals surface area (Å²) in [6.45, 7) is 2.64. The van der Waals surface area contributed by atoms with Gasteiger partial charge in [0.1, 0.15) is 12.4 Å². The highest BCUT2D eigenvalue weighted by Gasteiger charge is 2.21. The Balaban J connectivity index is 2.00. The van der Waals surface area contributed by atoms with Crippen LogP contribution in [0.2, 0.25) is 5.02 Å². The minimum atomic E-state index is -0.223. The maximum atomic E-state index is 11.3. The van der Waals surface area contributed by atoms with Crippen molar-refractivity contribution in [3.63, 3.8) is 0 Å². The molecule has 1 aliphatic rings. The van der Waals surface area contributed by atoms with Gasteiger partial charge in [0.05, 0.1) is 24.8 Å². The number of carbonyl (C=O) groups excluding carboxylic acids is 1. The Labute approximate surface area is 105 Å². The molecule has 0 aliphatic carbocycles. The zero-order valence-electron chi connectivity index (χ0n) is 9.53. The lowest BCUT2D eigenvalue weighted by Gasteiger charge is -2.26. The van der Waals surface area contributed by atoms with E-state index in [-0.39, 0.29) is 12.0 Å². The van der Waals surface area contributed by atoms with Crippen LogP contribution in [0, 0.1) is 0 Å². The molecule has 0 unspecified atom stereocenters. The van der Waals surface area contributed by atoms with Crippen LogP contribution in [0.15, 0.2) is 18.2 Å². The van der Waals surface area contributed by atoms with Crippen LogP contribution < -0.4 is 10.1 Å². The van der Waals surface area contributed by atoms with Crippen LogP contribution in [-0.2, 0) is 9.53 Å². The van der Waals surface area contributed by atoms with Crippen molar-refractivity contribution in [1.29, 1.82) is 0 Å². The van der Waals surface area contributed by atoms with Crippen molar-refractivity contribution in [3.05, 3.63) is 23.2 Å². The van der Waals surface area contributed by atoms with Gasteiger partial charge in [0.25, 0.3) is 0 Å². The Bertz CT molecular complexity index is 422. The molecule has 0 saturated heterocycles. The Morgan fingerprint density at radius 3 is 3.24 bits per heavy atom. The van der Waals surface area contributed by atoms with E-state index in [9.17, 15) is 4.79 Å². The van der Waals surface area contributed by atoms with Crippen molar-refractivity contribution in [2.24, 2.45) is 0 Å². The molecule has 1 heterocycles. The first-order chi connectivity index (χ1) is 8.19. The fourth-order valence-corrected chi connectivity index (χ4v) is 1.90. The van der Waals surface area contributed by atoms with Gasteiger partial charge in [-0.2, -0.15) is 0 Å². The summed E-state index contributed by atoms with van der Waals surface area (Å²) in [6, 6.07) is 5.30. The van der Waals surface area contributed by atoms with Crippen molar-refractivity contribution in [2.75, 3.05) is 18.5 Å². The van der Waals surface area contributed by atoms with E-state index in [1.54, 1.807) is 19.1 Å². The Hall–Kier alpha value is -1.42. The van der Waals surface area contributed by atoms with Crippen molar-refractivity contribution in [3.8, 4) is 5.75 Å². The Kier molecular flexibility index (Phi) is 3.74. The Morgan fingerprint density at radius 1 is 1.65 bits per heavy atom. The summed E-state index contributed by atoms with van der Waals surface area (Å²) in [6.07, 6.45) is 0.291. The zero-order chi connectivity index (χ0) is 12.3. The quantitative estimate of drug-likeness (QED) is 0.843. The molecule has 1 atom stereocenters. The second-order valence-corrected chi connectivity index (χ2v) is 4.24. The van der Waals surface area contributed by atoms with Gasteiger partial charge in [-0.3, -0.25) is 4.79 Å². The SMILES string of the molecule is CCOC(=O)C[C@@H]1COc2ccc(Cl)cc2N1. The van der Waals surface area contributed by atoms with E-state index in [0.717, 1.165) is 11.4 Å². The van der Waals surface area contributed by atoms with Gasteiger partial charge >= 0.3 is 5.97 Å². The molecule has 0 spiro atoms. The predicted octanol–water partition coefficient (Wildman–Crippen LogP) is 2.47. The van der Waals surface area contributed by atoms with Gasteiger partial charge in [-0.05, 0) is 25.1 Å². The van der Waals surface area contributed by atoms with Gasteiger partial charge in [0, 0.05) is 5.02 Å². The molecule has 0 radical (unpaired) electrons. The van der Waals surface area contributed by atoms with Crippen LogP contribution in [0.4, 0.5) is 5.69 Å². The summed E-state index contributed by atoms with van der Waals surface area (Å²) in [4.78, 5) is 11.3. The number of benzene rings is 1. The molecule has 1 aliphatic heterocycles. The summed E-state index contributed by atoms with van der Waals surface area (Å²) in [5, 5.41) is 3.85. The summed E-state index contributed by atoms with van der Waals surface area (Å²) < 4.78 is 10.4. The molecule has 0 saturated carbocycles. The average Bonchev–Trinajstić information content (AvgIpc) is 2.28. The fraction of sp³-hybridized carbons (Fsp3) is 0.417. The van der Waals surface area contributed by atoms with Gasteiger partial charge in [-0.25, -0.2) is 0 Å². The van der Waals surface area contributed by atoms with Crippen molar-refractivity contribution in [2.45, 2.75) is 19.4 Å². The largest absolute Gasteiger partial charge is 0.489 e. The molecule has 0 aromatic heterocycles. The van der Waals surface area contributed by atoms with Gasteiger partial charge < -0.3 is 14.8 Å². The number of esters is 1. The van der Waals surface area contributed by atoms with Gasteiger partial charge in [-0.15, -0.1) is 0 Å². The highest BCUT2D eigenvalue weighted by molar-refractivity contribution is 6.30. The predicted molar refractivity (Wildman–Crippen MR) is 65.6 cm³/mol. The number of halogens is 1. The minimum absolute atomic E-state index is 0.0694. The third-order valence-electron chi connectivity index (χ3n) is 2.46. The molecule has 17 heavy (non-hydrogen) atoms. The van der Waals surface area contributed by atoms with Crippen LogP contribution >= 0.6 is 11.6 Å². The first-order valence-electron chi connectivity index (χ1n) is 5.53. The first kappa shape index (κ1) is 12.0. The standard InChI is InChI=1S/C12H14ClNO3/c1-2-16-12(15)6-9-7-17-11-4-3-8(13)5-10(11)14-9/h3-5,9,14H,2,6-7H2,1H3/t9-/m1/s1. The second-order valence-electron chi connectivity index (χ2n) is 3.80. The highest BCUT2D eigenvalue weighted by Crippen LogP contribution is 2.31. The van der Waals surface area contributed by atoms with E-state index in [0.29, 0.717) is 24.7 Å². The minimum Gasteiger partial charge on any atom is -0.489 e. The molecule has 5 heteroatoms. The number of anilines is 1. The second kappa shape index (κ2) is 5.27. The molecule has 2 rings (SSSR count). The number of carbonyl (C=O) groups is 1. The van der Waals surface area contributed by atoms with Crippen LogP contribution in [0.1, 0.15) is 13.3 Å². The molecule has 92 valence electrons. The fourth-order valence-electron chi connectivity index (χ4n) is 1.72. The smallest absolute Gasteiger partial charge is 0.307 e. The first-order valence-corrected chi connectivity index (χ1v) is 5.91. The summed E-state index contributed by atoms with van der Waals surface area (Å²) in [7, 11) is 0. The molecule has 0 fully saturated rings. The average molecular weight is 256 g/mol.